The zero-order chi connectivity index (χ0) is 29.8. The molecule has 10 heteroatoms. The molecule has 0 bridgehead atoms. The molecule has 220 valence electrons. The molecule has 3 aromatic rings. The molecule has 3 rings (SSSR count). The van der Waals surface area contributed by atoms with Crippen molar-refractivity contribution < 1.29 is 27.1 Å². The van der Waals surface area contributed by atoms with Gasteiger partial charge in [0.25, 0.3) is 0 Å². The summed E-state index contributed by atoms with van der Waals surface area (Å²) in [6.45, 7) is 4.21. The Morgan fingerprint density at radius 2 is 1.59 bits per heavy atom. The molecular formula is C31H38FN3O5S. The molecule has 0 saturated heterocycles. The molecule has 0 radical (unpaired) electrons. The first-order valence-electron chi connectivity index (χ1n) is 13.7. The summed E-state index contributed by atoms with van der Waals surface area (Å²) < 4.78 is 45.9. The third kappa shape index (κ3) is 9.60. The maximum Gasteiger partial charge on any atom is 0.244 e. The standard InChI is InChI=1S/C31H38FN3O5S/c1-4-6-20-33-31(37)29(21-24-10-8-7-9-11-24)34(22-25-12-14-26(32)15-13-25)30(36)23-35(41(3,38)39)27-16-18-28(19-17-27)40-5-2/h7-19,29H,4-6,20-23H2,1-3H3,(H,33,37). The van der Waals surface area contributed by atoms with Crippen LogP contribution in [0.2, 0.25) is 0 Å². The molecule has 1 N–H and O–H groups in total. The second-order valence-corrected chi connectivity index (χ2v) is 11.6. The molecule has 41 heavy (non-hydrogen) atoms. The van der Waals surface area contributed by atoms with Crippen molar-refractivity contribution in [2.24, 2.45) is 0 Å². The Balaban J connectivity index is 2.00. The molecule has 0 aliphatic rings. The van der Waals surface area contributed by atoms with Crippen LogP contribution in [-0.4, -0.2) is 57.1 Å². The molecule has 0 heterocycles. The zero-order valence-electron chi connectivity index (χ0n) is 23.8. The van der Waals surface area contributed by atoms with Crippen molar-refractivity contribution in [1.82, 2.24) is 10.2 Å². The van der Waals surface area contributed by atoms with Gasteiger partial charge in [-0.25, -0.2) is 12.8 Å². The van der Waals surface area contributed by atoms with Crippen molar-refractivity contribution >= 4 is 27.5 Å². The van der Waals surface area contributed by atoms with Crippen LogP contribution < -0.4 is 14.4 Å². The molecule has 0 aliphatic carbocycles. The highest BCUT2D eigenvalue weighted by atomic mass is 32.2. The van der Waals surface area contributed by atoms with Crippen LogP contribution in [0.1, 0.15) is 37.8 Å². The smallest absolute Gasteiger partial charge is 0.244 e. The molecule has 2 amide bonds. The Labute approximate surface area is 242 Å². The number of rotatable bonds is 15. The highest BCUT2D eigenvalue weighted by molar-refractivity contribution is 7.92. The molecular weight excluding hydrogens is 545 g/mol. The van der Waals surface area contributed by atoms with Crippen LogP contribution in [0.25, 0.3) is 0 Å². The summed E-state index contributed by atoms with van der Waals surface area (Å²) in [6, 6.07) is 20.5. The quantitative estimate of drug-likeness (QED) is 0.265. The predicted octanol–water partition coefficient (Wildman–Crippen LogP) is 4.55. The van der Waals surface area contributed by atoms with Crippen LogP contribution in [0.4, 0.5) is 10.1 Å². The average Bonchev–Trinajstić information content (AvgIpc) is 2.95. The van der Waals surface area contributed by atoms with Gasteiger partial charge < -0.3 is 15.0 Å². The van der Waals surface area contributed by atoms with Crippen molar-refractivity contribution in [2.75, 3.05) is 30.3 Å². The highest BCUT2D eigenvalue weighted by Gasteiger charge is 2.33. The number of halogens is 1. The first-order valence-corrected chi connectivity index (χ1v) is 15.5. The van der Waals surface area contributed by atoms with E-state index in [2.05, 4.69) is 5.32 Å². The van der Waals surface area contributed by atoms with E-state index in [9.17, 15) is 22.4 Å². The maximum atomic E-state index is 14.0. The molecule has 0 aliphatic heterocycles. The van der Waals surface area contributed by atoms with Gasteiger partial charge in [0.2, 0.25) is 21.8 Å². The average molecular weight is 584 g/mol. The second-order valence-electron chi connectivity index (χ2n) is 9.69. The van der Waals surface area contributed by atoms with Gasteiger partial charge in [-0.1, -0.05) is 55.8 Å². The number of carbonyl (C=O) groups excluding carboxylic acids is 2. The lowest BCUT2D eigenvalue weighted by atomic mass is 10.0. The highest BCUT2D eigenvalue weighted by Crippen LogP contribution is 2.23. The van der Waals surface area contributed by atoms with Gasteiger partial charge >= 0.3 is 0 Å². The van der Waals surface area contributed by atoms with Crippen LogP contribution in [0.3, 0.4) is 0 Å². The number of anilines is 1. The van der Waals surface area contributed by atoms with Gasteiger partial charge in [0, 0.05) is 19.5 Å². The third-order valence-corrected chi connectivity index (χ3v) is 7.62. The van der Waals surface area contributed by atoms with E-state index < -0.39 is 34.3 Å². The lowest BCUT2D eigenvalue weighted by molar-refractivity contribution is -0.140. The van der Waals surface area contributed by atoms with Crippen LogP contribution >= 0.6 is 0 Å². The fourth-order valence-electron chi connectivity index (χ4n) is 4.34. The summed E-state index contributed by atoms with van der Waals surface area (Å²) in [5.41, 5.74) is 1.73. The Morgan fingerprint density at radius 3 is 2.17 bits per heavy atom. The van der Waals surface area contributed by atoms with Crippen molar-refractivity contribution in [3.8, 4) is 5.75 Å². The summed E-state index contributed by atoms with van der Waals surface area (Å²) in [7, 11) is -3.88. The number of ether oxygens (including phenoxy) is 1. The molecule has 3 aromatic carbocycles. The largest absolute Gasteiger partial charge is 0.494 e. The van der Waals surface area contributed by atoms with E-state index in [1.54, 1.807) is 36.4 Å². The van der Waals surface area contributed by atoms with Gasteiger partial charge in [-0.3, -0.25) is 13.9 Å². The van der Waals surface area contributed by atoms with Crippen LogP contribution in [0.5, 0.6) is 5.75 Å². The monoisotopic (exact) mass is 583 g/mol. The van der Waals surface area contributed by atoms with Crippen molar-refractivity contribution in [3.05, 3.63) is 95.8 Å². The van der Waals surface area contributed by atoms with Gasteiger partial charge in [0.15, 0.2) is 0 Å². The van der Waals surface area contributed by atoms with Crippen LogP contribution in [-0.2, 0) is 32.6 Å². The maximum absolute atomic E-state index is 14.0. The Kier molecular flexibility index (Phi) is 11.7. The van der Waals surface area contributed by atoms with E-state index in [1.165, 1.54) is 17.0 Å². The van der Waals surface area contributed by atoms with Gasteiger partial charge in [0.1, 0.15) is 24.2 Å². The summed E-state index contributed by atoms with van der Waals surface area (Å²) in [5.74, 6) is -0.769. The number of sulfonamides is 1. The molecule has 0 fully saturated rings. The number of carbonyl (C=O) groups is 2. The lowest BCUT2D eigenvalue weighted by Gasteiger charge is -2.33. The van der Waals surface area contributed by atoms with Crippen LogP contribution in [0.15, 0.2) is 78.9 Å². The number of unbranched alkanes of at least 4 members (excludes halogenated alkanes) is 1. The Bertz CT molecular complexity index is 1370. The van der Waals surface area contributed by atoms with E-state index in [4.69, 9.17) is 4.74 Å². The number of nitrogens with one attached hydrogen (secondary N) is 1. The number of benzene rings is 3. The summed E-state index contributed by atoms with van der Waals surface area (Å²) >= 11 is 0. The lowest BCUT2D eigenvalue weighted by Crippen LogP contribution is -2.53. The third-order valence-electron chi connectivity index (χ3n) is 6.48. The molecule has 0 spiro atoms. The van der Waals surface area contributed by atoms with Gasteiger partial charge in [-0.15, -0.1) is 0 Å². The van der Waals surface area contributed by atoms with Crippen molar-refractivity contribution in [3.63, 3.8) is 0 Å². The van der Waals surface area contributed by atoms with Gasteiger partial charge in [0.05, 0.1) is 18.6 Å². The van der Waals surface area contributed by atoms with Crippen molar-refractivity contribution in [2.45, 2.75) is 45.7 Å². The predicted molar refractivity (Wildman–Crippen MR) is 159 cm³/mol. The fraction of sp³-hybridized carbons (Fsp3) is 0.355. The first-order chi connectivity index (χ1) is 19.6. The normalized spacial score (nSPS) is 11.9. The molecule has 1 atom stereocenters. The topological polar surface area (TPSA) is 96.0 Å². The van der Waals surface area contributed by atoms with E-state index >= 15 is 0 Å². The van der Waals surface area contributed by atoms with Gasteiger partial charge in [-0.2, -0.15) is 0 Å². The SMILES string of the molecule is CCCCNC(=O)C(Cc1ccccc1)N(Cc1ccc(F)cc1)C(=O)CN(c1ccc(OCC)cc1)S(C)(=O)=O. The van der Waals surface area contributed by atoms with E-state index in [-0.39, 0.29) is 24.6 Å². The number of hydrogen-bond acceptors (Lipinski definition) is 5. The van der Waals surface area contributed by atoms with Crippen LogP contribution in [0, 0.1) is 5.82 Å². The van der Waals surface area contributed by atoms with E-state index in [0.717, 1.165) is 29.0 Å². The Morgan fingerprint density at radius 1 is 0.927 bits per heavy atom. The molecule has 1 unspecified atom stereocenters. The fourth-order valence-corrected chi connectivity index (χ4v) is 5.19. The summed E-state index contributed by atoms with van der Waals surface area (Å²) in [5, 5.41) is 2.93. The second kappa shape index (κ2) is 15.2. The summed E-state index contributed by atoms with van der Waals surface area (Å²) in [4.78, 5) is 29.0. The number of amides is 2. The van der Waals surface area contributed by atoms with E-state index in [1.807, 2.05) is 44.2 Å². The minimum atomic E-state index is -3.88. The van der Waals surface area contributed by atoms with Gasteiger partial charge in [-0.05, 0) is 60.9 Å². The van der Waals surface area contributed by atoms with E-state index in [0.29, 0.717) is 24.5 Å². The van der Waals surface area contributed by atoms with Crippen molar-refractivity contribution in [1.29, 1.82) is 0 Å². The number of nitrogens with zero attached hydrogens (tertiary/aromatic N) is 2. The number of hydrogen-bond donors (Lipinski definition) is 1. The minimum Gasteiger partial charge on any atom is -0.494 e. The molecule has 0 saturated carbocycles. The molecule has 0 aromatic heterocycles. The minimum absolute atomic E-state index is 0.0152. The zero-order valence-corrected chi connectivity index (χ0v) is 24.6. The Hall–Kier alpha value is -3.92. The first kappa shape index (κ1) is 31.6. The molecule has 8 nitrogen and oxygen atoms in total. The summed E-state index contributed by atoms with van der Waals surface area (Å²) in [6.07, 6.45) is 2.90.